The third-order valence-corrected chi connectivity index (χ3v) is 5.61. The lowest BCUT2D eigenvalue weighted by Gasteiger charge is -2.17. The van der Waals surface area contributed by atoms with Crippen LogP contribution in [0.2, 0.25) is 0 Å². The number of hydrogen-bond acceptors (Lipinski definition) is 4. The predicted molar refractivity (Wildman–Crippen MR) is 112 cm³/mol. The molecule has 0 aliphatic carbocycles. The molecule has 27 heavy (non-hydrogen) atoms. The van der Waals surface area contributed by atoms with E-state index in [1.807, 2.05) is 64.1 Å². The molecule has 6 heteroatoms. The van der Waals surface area contributed by atoms with E-state index in [0.29, 0.717) is 22.6 Å². The Morgan fingerprint density at radius 3 is 2.48 bits per heavy atom. The lowest BCUT2D eigenvalue weighted by Crippen LogP contribution is -2.27. The van der Waals surface area contributed by atoms with Crippen molar-refractivity contribution in [1.82, 2.24) is 9.55 Å². The molecule has 0 saturated carbocycles. The molecule has 1 N–H and O–H groups in total. The number of fused-ring (bicyclic) bond motifs is 1. The first-order valence-corrected chi connectivity index (χ1v) is 9.83. The molecule has 0 bridgehead atoms. The first-order valence-electron chi connectivity index (χ1n) is 8.95. The van der Waals surface area contributed by atoms with E-state index < -0.39 is 5.25 Å². The third kappa shape index (κ3) is 3.90. The Hall–Kier alpha value is -2.60. The molecule has 0 aliphatic heterocycles. The van der Waals surface area contributed by atoms with Crippen LogP contribution < -0.4 is 10.9 Å². The van der Waals surface area contributed by atoms with Crippen LogP contribution in [0.25, 0.3) is 10.9 Å². The maximum atomic E-state index is 12.7. The topological polar surface area (TPSA) is 64.0 Å². The standard InChI is InChI=1S/C21H23N3O2S/c1-5-24-20(26)16-11-6-7-12-17(16)22-21(24)27-15(4)19(25)23-18-13(2)9-8-10-14(18)3/h6-12,15H,5H2,1-4H3,(H,23,25). The van der Waals surface area contributed by atoms with Gasteiger partial charge in [0.25, 0.3) is 5.56 Å². The second kappa shape index (κ2) is 7.96. The van der Waals surface area contributed by atoms with Crippen molar-refractivity contribution in [2.75, 3.05) is 5.32 Å². The summed E-state index contributed by atoms with van der Waals surface area (Å²) in [6, 6.07) is 13.2. The average Bonchev–Trinajstić information content (AvgIpc) is 2.65. The molecule has 5 nitrogen and oxygen atoms in total. The number of para-hydroxylation sites is 2. The van der Waals surface area contributed by atoms with Crippen LogP contribution in [0, 0.1) is 13.8 Å². The zero-order valence-electron chi connectivity index (χ0n) is 15.9. The van der Waals surface area contributed by atoms with Crippen LogP contribution in [0.5, 0.6) is 0 Å². The molecule has 0 aliphatic rings. The van der Waals surface area contributed by atoms with E-state index in [9.17, 15) is 9.59 Å². The van der Waals surface area contributed by atoms with Gasteiger partial charge < -0.3 is 5.32 Å². The van der Waals surface area contributed by atoms with Gasteiger partial charge in [-0.25, -0.2) is 4.98 Å². The number of benzene rings is 2. The highest BCUT2D eigenvalue weighted by Gasteiger charge is 2.20. The van der Waals surface area contributed by atoms with Gasteiger partial charge in [0, 0.05) is 12.2 Å². The number of hydrogen-bond donors (Lipinski definition) is 1. The maximum absolute atomic E-state index is 12.7. The molecule has 1 amide bonds. The number of aryl methyl sites for hydroxylation is 2. The summed E-state index contributed by atoms with van der Waals surface area (Å²) in [6.45, 7) is 8.18. The summed E-state index contributed by atoms with van der Waals surface area (Å²) in [5, 5.41) is 3.77. The third-order valence-electron chi connectivity index (χ3n) is 4.52. The number of carbonyl (C=O) groups excluding carboxylic acids is 1. The maximum Gasteiger partial charge on any atom is 0.262 e. The normalized spacial score (nSPS) is 12.1. The molecule has 1 unspecified atom stereocenters. The van der Waals surface area contributed by atoms with Crippen molar-refractivity contribution in [3.8, 4) is 0 Å². The number of nitrogens with zero attached hydrogens (tertiary/aromatic N) is 2. The van der Waals surface area contributed by atoms with Crippen LogP contribution in [-0.4, -0.2) is 20.7 Å². The number of amides is 1. The van der Waals surface area contributed by atoms with Crippen molar-refractivity contribution < 1.29 is 4.79 Å². The second-order valence-corrected chi connectivity index (χ2v) is 7.79. The zero-order valence-corrected chi connectivity index (χ0v) is 16.8. The molecular formula is C21H23N3O2S. The number of anilines is 1. The fourth-order valence-electron chi connectivity index (χ4n) is 2.96. The van der Waals surface area contributed by atoms with Crippen LogP contribution in [-0.2, 0) is 11.3 Å². The fraction of sp³-hybridized carbons (Fsp3) is 0.286. The van der Waals surface area contributed by atoms with Crippen molar-refractivity contribution in [3.63, 3.8) is 0 Å². The highest BCUT2D eigenvalue weighted by molar-refractivity contribution is 8.00. The minimum atomic E-state index is -0.394. The predicted octanol–water partition coefficient (Wildman–Crippen LogP) is 4.15. The molecule has 0 saturated heterocycles. The minimum absolute atomic E-state index is 0.0760. The summed E-state index contributed by atoms with van der Waals surface area (Å²) in [4.78, 5) is 30.1. The molecular weight excluding hydrogens is 358 g/mol. The molecule has 0 radical (unpaired) electrons. The van der Waals surface area contributed by atoms with Crippen molar-refractivity contribution >= 4 is 34.3 Å². The monoisotopic (exact) mass is 381 g/mol. The van der Waals surface area contributed by atoms with E-state index in [0.717, 1.165) is 16.8 Å². The molecule has 1 aromatic heterocycles. The van der Waals surface area contributed by atoms with Crippen LogP contribution in [0.1, 0.15) is 25.0 Å². The molecule has 3 aromatic rings. The van der Waals surface area contributed by atoms with Crippen LogP contribution in [0.15, 0.2) is 52.4 Å². The molecule has 3 rings (SSSR count). The Morgan fingerprint density at radius 1 is 1.15 bits per heavy atom. The number of aromatic nitrogens is 2. The van der Waals surface area contributed by atoms with E-state index in [4.69, 9.17) is 0 Å². The van der Waals surface area contributed by atoms with Gasteiger partial charge in [-0.2, -0.15) is 0 Å². The van der Waals surface area contributed by atoms with E-state index in [-0.39, 0.29) is 11.5 Å². The number of rotatable bonds is 5. The molecule has 140 valence electrons. The highest BCUT2D eigenvalue weighted by atomic mass is 32.2. The number of thioether (sulfide) groups is 1. The highest BCUT2D eigenvalue weighted by Crippen LogP contribution is 2.25. The first-order chi connectivity index (χ1) is 12.9. The van der Waals surface area contributed by atoms with Crippen LogP contribution in [0.3, 0.4) is 0 Å². The van der Waals surface area contributed by atoms with Crippen LogP contribution in [0.4, 0.5) is 5.69 Å². The average molecular weight is 382 g/mol. The van der Waals surface area contributed by atoms with Gasteiger partial charge in [-0.1, -0.05) is 42.1 Å². The SMILES string of the molecule is CCn1c(SC(C)C(=O)Nc2c(C)cccc2C)nc2ccccc2c1=O. The summed E-state index contributed by atoms with van der Waals surface area (Å²) in [5.41, 5.74) is 3.46. The quantitative estimate of drug-likeness (QED) is 0.533. The Balaban J connectivity index is 1.88. The van der Waals surface area contributed by atoms with E-state index >= 15 is 0 Å². The summed E-state index contributed by atoms with van der Waals surface area (Å²) < 4.78 is 1.62. The summed E-state index contributed by atoms with van der Waals surface area (Å²) in [5.74, 6) is -0.109. The van der Waals surface area contributed by atoms with Crippen LogP contribution >= 0.6 is 11.8 Å². The summed E-state index contributed by atoms with van der Waals surface area (Å²) in [6.07, 6.45) is 0. The summed E-state index contributed by atoms with van der Waals surface area (Å²) in [7, 11) is 0. The smallest absolute Gasteiger partial charge is 0.262 e. The van der Waals surface area contributed by atoms with Gasteiger partial charge in [-0.15, -0.1) is 0 Å². The van der Waals surface area contributed by atoms with Gasteiger partial charge in [-0.05, 0) is 51.0 Å². The van der Waals surface area contributed by atoms with Gasteiger partial charge in [-0.3, -0.25) is 14.2 Å². The molecule has 0 fully saturated rings. The summed E-state index contributed by atoms with van der Waals surface area (Å²) >= 11 is 1.30. The first kappa shape index (κ1) is 19.2. The zero-order chi connectivity index (χ0) is 19.6. The van der Waals surface area contributed by atoms with E-state index in [1.54, 1.807) is 10.6 Å². The largest absolute Gasteiger partial charge is 0.325 e. The lowest BCUT2D eigenvalue weighted by molar-refractivity contribution is -0.115. The van der Waals surface area contributed by atoms with Gasteiger partial charge in [0.2, 0.25) is 5.91 Å². The Labute approximate surface area is 162 Å². The second-order valence-electron chi connectivity index (χ2n) is 6.48. The lowest BCUT2D eigenvalue weighted by atomic mass is 10.1. The molecule has 0 spiro atoms. The fourth-order valence-corrected chi connectivity index (χ4v) is 3.94. The number of nitrogens with one attached hydrogen (secondary N) is 1. The Bertz CT molecular complexity index is 1040. The van der Waals surface area contributed by atoms with E-state index in [2.05, 4.69) is 10.3 Å². The van der Waals surface area contributed by atoms with Gasteiger partial charge in [0.05, 0.1) is 16.2 Å². The van der Waals surface area contributed by atoms with Crippen molar-refractivity contribution in [2.24, 2.45) is 0 Å². The van der Waals surface area contributed by atoms with Crippen molar-refractivity contribution in [1.29, 1.82) is 0 Å². The van der Waals surface area contributed by atoms with Gasteiger partial charge in [0.15, 0.2) is 5.16 Å². The van der Waals surface area contributed by atoms with E-state index in [1.165, 1.54) is 11.8 Å². The Morgan fingerprint density at radius 2 is 1.81 bits per heavy atom. The molecule has 2 aromatic carbocycles. The van der Waals surface area contributed by atoms with Gasteiger partial charge >= 0.3 is 0 Å². The molecule has 1 atom stereocenters. The number of carbonyl (C=O) groups is 1. The van der Waals surface area contributed by atoms with Gasteiger partial charge in [0.1, 0.15) is 0 Å². The Kier molecular flexibility index (Phi) is 5.65. The minimum Gasteiger partial charge on any atom is -0.325 e. The molecule has 1 heterocycles. The van der Waals surface area contributed by atoms with Crippen molar-refractivity contribution in [2.45, 2.75) is 44.6 Å². The van der Waals surface area contributed by atoms with Crippen molar-refractivity contribution in [3.05, 3.63) is 63.9 Å².